The summed E-state index contributed by atoms with van der Waals surface area (Å²) >= 11 is 1.57. The largest absolute Gasteiger partial charge is 0.409 e. The number of anilines is 1. The summed E-state index contributed by atoms with van der Waals surface area (Å²) in [5.41, 5.74) is 8.68. The summed E-state index contributed by atoms with van der Waals surface area (Å²) in [6, 6.07) is 9.84. The predicted molar refractivity (Wildman–Crippen MR) is 87.1 cm³/mol. The second-order valence-corrected chi connectivity index (χ2v) is 5.40. The molecule has 0 spiro atoms. The van der Waals surface area contributed by atoms with Gasteiger partial charge in [-0.05, 0) is 36.1 Å². The first-order chi connectivity index (χ1) is 10.2. The van der Waals surface area contributed by atoms with Crippen molar-refractivity contribution in [3.63, 3.8) is 0 Å². The minimum atomic E-state index is 0.122. The van der Waals surface area contributed by atoms with Crippen LogP contribution in [0.3, 0.4) is 0 Å². The van der Waals surface area contributed by atoms with Gasteiger partial charge in [-0.25, -0.2) is 0 Å². The van der Waals surface area contributed by atoms with Crippen LogP contribution in [0.1, 0.15) is 11.1 Å². The van der Waals surface area contributed by atoms with E-state index in [4.69, 9.17) is 10.9 Å². The smallest absolute Gasteiger partial charge is 0.173 e. The normalized spacial score (nSPS) is 11.4. The van der Waals surface area contributed by atoms with Gasteiger partial charge in [0.25, 0.3) is 0 Å². The van der Waals surface area contributed by atoms with Gasteiger partial charge in [0.15, 0.2) is 5.84 Å². The van der Waals surface area contributed by atoms with E-state index in [0.717, 1.165) is 21.7 Å². The van der Waals surface area contributed by atoms with Gasteiger partial charge in [0.2, 0.25) is 0 Å². The third-order valence-electron chi connectivity index (χ3n) is 3.17. The standard InChI is InChI=1S/C15H18N4OS/c1-19(10-11-6-8-17-9-7-11)12-4-3-5-13(21-2)14(12)15(16)18-20/h3-9,20H,10H2,1-2H3,(H2,16,18). The van der Waals surface area contributed by atoms with Crippen molar-refractivity contribution in [2.45, 2.75) is 11.4 Å². The Morgan fingerprint density at radius 2 is 2.05 bits per heavy atom. The van der Waals surface area contributed by atoms with Gasteiger partial charge < -0.3 is 15.8 Å². The molecule has 0 aliphatic rings. The van der Waals surface area contributed by atoms with E-state index < -0.39 is 0 Å². The van der Waals surface area contributed by atoms with Crippen LogP contribution in [-0.2, 0) is 6.54 Å². The van der Waals surface area contributed by atoms with Gasteiger partial charge in [-0.1, -0.05) is 11.2 Å². The Balaban J connectivity index is 2.38. The maximum absolute atomic E-state index is 9.03. The summed E-state index contributed by atoms with van der Waals surface area (Å²) in [4.78, 5) is 7.07. The fourth-order valence-electron chi connectivity index (χ4n) is 2.16. The molecule has 110 valence electrons. The second kappa shape index (κ2) is 6.99. The number of benzene rings is 1. The Bertz CT molecular complexity index is 631. The van der Waals surface area contributed by atoms with E-state index in [1.54, 1.807) is 24.2 Å². The average molecular weight is 302 g/mol. The first kappa shape index (κ1) is 15.2. The van der Waals surface area contributed by atoms with Crippen molar-refractivity contribution in [3.05, 3.63) is 53.9 Å². The van der Waals surface area contributed by atoms with Crippen molar-refractivity contribution >= 4 is 23.3 Å². The molecule has 0 fully saturated rings. The molecule has 6 heteroatoms. The molecule has 0 atom stereocenters. The van der Waals surface area contributed by atoms with E-state index >= 15 is 0 Å². The Labute approximate surface area is 128 Å². The minimum Gasteiger partial charge on any atom is -0.409 e. The van der Waals surface area contributed by atoms with Gasteiger partial charge in [-0.3, -0.25) is 4.98 Å². The molecule has 1 heterocycles. The molecule has 2 rings (SSSR count). The number of pyridine rings is 1. The zero-order valence-electron chi connectivity index (χ0n) is 12.0. The zero-order chi connectivity index (χ0) is 15.2. The number of thioether (sulfide) groups is 1. The number of oxime groups is 1. The highest BCUT2D eigenvalue weighted by molar-refractivity contribution is 7.98. The van der Waals surface area contributed by atoms with Crippen molar-refractivity contribution in [1.82, 2.24) is 4.98 Å². The summed E-state index contributed by atoms with van der Waals surface area (Å²) in [6.07, 6.45) is 5.51. The lowest BCUT2D eigenvalue weighted by Gasteiger charge is -2.23. The highest BCUT2D eigenvalue weighted by atomic mass is 32.2. The fourth-order valence-corrected chi connectivity index (χ4v) is 2.79. The lowest BCUT2D eigenvalue weighted by atomic mass is 10.1. The van der Waals surface area contributed by atoms with Crippen molar-refractivity contribution < 1.29 is 5.21 Å². The molecule has 5 nitrogen and oxygen atoms in total. The molecule has 3 N–H and O–H groups in total. The van der Waals surface area contributed by atoms with E-state index in [9.17, 15) is 0 Å². The van der Waals surface area contributed by atoms with Crippen molar-refractivity contribution in [3.8, 4) is 0 Å². The molecule has 0 saturated heterocycles. The van der Waals surface area contributed by atoms with Crippen LogP contribution >= 0.6 is 11.8 Å². The van der Waals surface area contributed by atoms with E-state index in [-0.39, 0.29) is 5.84 Å². The molecule has 0 radical (unpaired) electrons. The zero-order valence-corrected chi connectivity index (χ0v) is 12.8. The number of aromatic nitrogens is 1. The number of nitrogens with zero attached hydrogens (tertiary/aromatic N) is 3. The van der Waals surface area contributed by atoms with Crippen LogP contribution < -0.4 is 10.6 Å². The maximum Gasteiger partial charge on any atom is 0.173 e. The Morgan fingerprint density at radius 3 is 2.67 bits per heavy atom. The maximum atomic E-state index is 9.03. The Hall–Kier alpha value is -2.21. The van der Waals surface area contributed by atoms with Gasteiger partial charge in [0.05, 0.1) is 5.56 Å². The van der Waals surface area contributed by atoms with Gasteiger partial charge >= 0.3 is 0 Å². The highest BCUT2D eigenvalue weighted by Gasteiger charge is 2.15. The Kier molecular flexibility index (Phi) is 5.05. The third kappa shape index (κ3) is 3.46. The molecule has 0 bridgehead atoms. The number of hydrogen-bond donors (Lipinski definition) is 2. The molecule has 1 aromatic carbocycles. The number of rotatable bonds is 5. The molecular formula is C15H18N4OS. The number of nitrogens with two attached hydrogens (primary N) is 1. The molecule has 1 aromatic heterocycles. The molecule has 0 amide bonds. The summed E-state index contributed by atoms with van der Waals surface area (Å²) in [7, 11) is 1.98. The minimum absolute atomic E-state index is 0.122. The molecule has 0 saturated carbocycles. The molecule has 2 aromatic rings. The number of hydrogen-bond acceptors (Lipinski definition) is 5. The monoisotopic (exact) mass is 302 g/mol. The highest BCUT2D eigenvalue weighted by Crippen LogP contribution is 2.29. The van der Waals surface area contributed by atoms with Crippen molar-refractivity contribution in [1.29, 1.82) is 0 Å². The van der Waals surface area contributed by atoms with Crippen LogP contribution in [0.4, 0.5) is 5.69 Å². The third-order valence-corrected chi connectivity index (χ3v) is 3.95. The molecular weight excluding hydrogens is 284 g/mol. The topological polar surface area (TPSA) is 74.7 Å². The van der Waals surface area contributed by atoms with Crippen LogP contribution in [0, 0.1) is 0 Å². The van der Waals surface area contributed by atoms with E-state index in [1.807, 2.05) is 43.6 Å². The second-order valence-electron chi connectivity index (χ2n) is 4.55. The van der Waals surface area contributed by atoms with E-state index in [1.165, 1.54) is 0 Å². The van der Waals surface area contributed by atoms with E-state index in [0.29, 0.717) is 6.54 Å². The molecule has 0 unspecified atom stereocenters. The van der Waals surface area contributed by atoms with Crippen LogP contribution in [0.25, 0.3) is 0 Å². The van der Waals surface area contributed by atoms with Gasteiger partial charge in [-0.2, -0.15) is 0 Å². The quantitative estimate of drug-likeness (QED) is 0.292. The van der Waals surface area contributed by atoms with Crippen LogP contribution in [-0.4, -0.2) is 29.3 Å². The van der Waals surface area contributed by atoms with Crippen LogP contribution in [0.2, 0.25) is 0 Å². The van der Waals surface area contributed by atoms with Gasteiger partial charge in [-0.15, -0.1) is 11.8 Å². The first-order valence-electron chi connectivity index (χ1n) is 6.42. The molecule has 21 heavy (non-hydrogen) atoms. The van der Waals surface area contributed by atoms with E-state index in [2.05, 4.69) is 15.0 Å². The summed E-state index contributed by atoms with van der Waals surface area (Å²) in [5.74, 6) is 0.122. The lowest BCUT2D eigenvalue weighted by Crippen LogP contribution is -2.23. The molecule has 0 aliphatic heterocycles. The predicted octanol–water partition coefficient (Wildman–Crippen LogP) is 2.53. The average Bonchev–Trinajstić information content (AvgIpc) is 2.54. The first-order valence-corrected chi connectivity index (χ1v) is 7.64. The van der Waals surface area contributed by atoms with Crippen LogP contribution in [0.5, 0.6) is 0 Å². The van der Waals surface area contributed by atoms with Crippen molar-refractivity contribution in [2.24, 2.45) is 10.9 Å². The Morgan fingerprint density at radius 1 is 1.33 bits per heavy atom. The fraction of sp³-hybridized carbons (Fsp3) is 0.200. The SMILES string of the molecule is CSc1cccc(N(C)Cc2ccncc2)c1/C(N)=N/O. The lowest BCUT2D eigenvalue weighted by molar-refractivity contribution is 0.318. The summed E-state index contributed by atoms with van der Waals surface area (Å²) in [5, 5.41) is 12.2. The van der Waals surface area contributed by atoms with Crippen molar-refractivity contribution in [2.75, 3.05) is 18.2 Å². The summed E-state index contributed by atoms with van der Waals surface area (Å²) < 4.78 is 0. The number of amidine groups is 1. The van der Waals surface area contributed by atoms with Gasteiger partial charge in [0, 0.05) is 36.6 Å². The summed E-state index contributed by atoms with van der Waals surface area (Å²) in [6.45, 7) is 0.714. The van der Waals surface area contributed by atoms with Crippen LogP contribution in [0.15, 0.2) is 52.8 Å². The molecule has 0 aliphatic carbocycles. The van der Waals surface area contributed by atoms with Gasteiger partial charge in [0.1, 0.15) is 0 Å².